The van der Waals surface area contributed by atoms with Crippen molar-refractivity contribution in [3.8, 4) is 0 Å². The number of hydrogen-bond donors (Lipinski definition) is 1. The van der Waals surface area contributed by atoms with Gasteiger partial charge in [-0.05, 0) is 62.9 Å². The Morgan fingerprint density at radius 3 is 2.19 bits per heavy atom. The lowest BCUT2D eigenvalue weighted by atomic mass is 10.1. The molecule has 1 N–H and O–H groups in total. The molecule has 168 valence electrons. The average molecular weight is 451 g/mol. The highest BCUT2D eigenvalue weighted by atomic mass is 32.2. The summed E-state index contributed by atoms with van der Waals surface area (Å²) in [5.74, 6) is -0.329. The fourth-order valence-electron chi connectivity index (χ4n) is 3.66. The Hall–Kier alpha value is -3.12. The molecule has 0 spiro atoms. The summed E-state index contributed by atoms with van der Waals surface area (Å²) in [4.78, 5) is 13.0. The molecule has 3 aromatic carbocycles. The number of rotatable bonds is 9. The van der Waals surface area contributed by atoms with Gasteiger partial charge < -0.3 is 5.32 Å². The van der Waals surface area contributed by atoms with Crippen molar-refractivity contribution >= 4 is 21.6 Å². The predicted octanol–water partition coefficient (Wildman–Crippen LogP) is 4.64. The van der Waals surface area contributed by atoms with Crippen LogP contribution in [0, 0.1) is 13.8 Å². The Kier molecular flexibility index (Phi) is 7.70. The van der Waals surface area contributed by atoms with E-state index < -0.39 is 10.0 Å². The molecule has 0 unspecified atom stereocenters. The van der Waals surface area contributed by atoms with Crippen molar-refractivity contribution in [2.75, 3.05) is 10.8 Å². The first-order chi connectivity index (χ1) is 15.3. The van der Waals surface area contributed by atoms with Gasteiger partial charge in [0.15, 0.2) is 0 Å². The molecule has 0 aliphatic carbocycles. The molecule has 0 heterocycles. The molecule has 5 nitrogen and oxygen atoms in total. The zero-order chi connectivity index (χ0) is 23.1. The lowest BCUT2D eigenvalue weighted by molar-refractivity contribution is -0.120. The maximum absolute atomic E-state index is 13.4. The number of carbonyl (C=O) groups excluding carboxylic acids is 1. The minimum Gasteiger partial charge on any atom is -0.352 e. The smallest absolute Gasteiger partial charge is 0.264 e. The summed E-state index contributed by atoms with van der Waals surface area (Å²) < 4.78 is 28.1. The van der Waals surface area contributed by atoms with Gasteiger partial charge in [-0.3, -0.25) is 9.10 Å². The molecule has 0 fully saturated rings. The molecule has 1 atom stereocenters. The van der Waals surface area contributed by atoms with Gasteiger partial charge in [-0.15, -0.1) is 0 Å². The summed E-state index contributed by atoms with van der Waals surface area (Å²) in [6.07, 6.45) is 1.61. The van der Waals surface area contributed by atoms with Gasteiger partial charge in [0.2, 0.25) is 5.91 Å². The SMILES string of the molecule is Cc1ccc(N(CC(=O)N[C@@H](C)CCc2ccccc2)S(=O)(=O)c2ccccc2)c(C)c1. The van der Waals surface area contributed by atoms with Crippen molar-refractivity contribution in [3.63, 3.8) is 0 Å². The summed E-state index contributed by atoms with van der Waals surface area (Å²) in [6, 6.07) is 23.8. The number of carbonyl (C=O) groups is 1. The summed E-state index contributed by atoms with van der Waals surface area (Å²) in [7, 11) is -3.90. The minimum atomic E-state index is -3.90. The lowest BCUT2D eigenvalue weighted by Gasteiger charge is -2.26. The second-order valence-corrected chi connectivity index (χ2v) is 9.97. The van der Waals surface area contributed by atoms with E-state index in [4.69, 9.17) is 0 Å². The minimum absolute atomic E-state index is 0.0805. The highest BCUT2D eigenvalue weighted by molar-refractivity contribution is 7.92. The molecule has 0 aliphatic rings. The van der Waals surface area contributed by atoms with Gasteiger partial charge in [0.25, 0.3) is 10.0 Å². The second kappa shape index (κ2) is 10.5. The average Bonchev–Trinajstić information content (AvgIpc) is 2.78. The van der Waals surface area contributed by atoms with Gasteiger partial charge >= 0.3 is 0 Å². The molecular weight excluding hydrogens is 420 g/mol. The molecule has 3 aromatic rings. The number of sulfonamides is 1. The fraction of sp³-hybridized carbons (Fsp3) is 0.269. The van der Waals surface area contributed by atoms with Crippen LogP contribution in [0.3, 0.4) is 0 Å². The van der Waals surface area contributed by atoms with E-state index in [0.29, 0.717) is 5.69 Å². The van der Waals surface area contributed by atoms with Crippen molar-refractivity contribution in [3.05, 3.63) is 95.6 Å². The third-order valence-corrected chi connectivity index (χ3v) is 7.13. The Balaban J connectivity index is 1.78. The van der Waals surface area contributed by atoms with Gasteiger partial charge in [-0.25, -0.2) is 8.42 Å². The van der Waals surface area contributed by atoms with Crippen LogP contribution in [0.15, 0.2) is 83.8 Å². The van der Waals surface area contributed by atoms with Crippen LogP contribution in [0.25, 0.3) is 0 Å². The molecule has 6 heteroatoms. The van der Waals surface area contributed by atoms with Crippen LogP contribution in [0.1, 0.15) is 30.0 Å². The van der Waals surface area contributed by atoms with E-state index >= 15 is 0 Å². The number of amides is 1. The maximum Gasteiger partial charge on any atom is 0.264 e. The fourth-order valence-corrected chi connectivity index (χ4v) is 5.16. The van der Waals surface area contributed by atoms with Crippen molar-refractivity contribution in [1.82, 2.24) is 5.32 Å². The normalized spacial score (nSPS) is 12.2. The molecule has 3 rings (SSSR count). The molecule has 32 heavy (non-hydrogen) atoms. The van der Waals surface area contributed by atoms with Gasteiger partial charge in [0, 0.05) is 6.04 Å². The van der Waals surface area contributed by atoms with Crippen LogP contribution < -0.4 is 9.62 Å². The number of aryl methyl sites for hydroxylation is 3. The topological polar surface area (TPSA) is 66.5 Å². The van der Waals surface area contributed by atoms with E-state index in [1.807, 2.05) is 51.1 Å². The standard InChI is InChI=1S/C26H30N2O3S/c1-20-14-17-25(21(2)18-20)28(32(30,31)24-12-8-5-9-13-24)19-26(29)27-22(3)15-16-23-10-6-4-7-11-23/h4-14,17-18,22H,15-16,19H2,1-3H3,(H,27,29)/t22-/m0/s1. The molecule has 0 aliphatic heterocycles. The molecule has 0 saturated heterocycles. The third-order valence-electron chi connectivity index (χ3n) is 5.36. The van der Waals surface area contributed by atoms with Crippen molar-refractivity contribution in [2.45, 2.75) is 44.6 Å². The highest BCUT2D eigenvalue weighted by Crippen LogP contribution is 2.27. The largest absolute Gasteiger partial charge is 0.352 e. The summed E-state index contributed by atoms with van der Waals surface area (Å²) in [5, 5.41) is 2.96. The quantitative estimate of drug-likeness (QED) is 0.517. The van der Waals surface area contributed by atoms with Crippen molar-refractivity contribution in [2.24, 2.45) is 0 Å². The molecule has 1 amide bonds. The Labute approximate surface area is 191 Å². The zero-order valence-electron chi connectivity index (χ0n) is 18.8. The lowest BCUT2D eigenvalue weighted by Crippen LogP contribution is -2.44. The van der Waals surface area contributed by atoms with E-state index in [1.165, 1.54) is 9.87 Å². The molecule has 0 radical (unpaired) electrons. The van der Waals surface area contributed by atoms with Crippen molar-refractivity contribution < 1.29 is 13.2 Å². The third kappa shape index (κ3) is 5.98. The second-order valence-electron chi connectivity index (χ2n) is 8.11. The maximum atomic E-state index is 13.4. The van der Waals surface area contributed by atoms with Crippen LogP contribution >= 0.6 is 0 Å². The van der Waals surface area contributed by atoms with E-state index in [0.717, 1.165) is 24.0 Å². The first-order valence-corrected chi connectivity index (χ1v) is 12.2. The predicted molar refractivity (Wildman–Crippen MR) is 129 cm³/mol. The molecule has 0 bridgehead atoms. The van der Waals surface area contributed by atoms with Crippen LogP contribution in [-0.2, 0) is 21.2 Å². The van der Waals surface area contributed by atoms with E-state index in [-0.39, 0.29) is 23.4 Å². The monoisotopic (exact) mass is 450 g/mol. The highest BCUT2D eigenvalue weighted by Gasteiger charge is 2.28. The van der Waals surface area contributed by atoms with Crippen LogP contribution in [0.2, 0.25) is 0 Å². The number of hydrogen-bond acceptors (Lipinski definition) is 3. The number of benzene rings is 3. The van der Waals surface area contributed by atoms with Crippen LogP contribution in [-0.4, -0.2) is 26.9 Å². The van der Waals surface area contributed by atoms with Gasteiger partial charge in [0.1, 0.15) is 6.54 Å². The van der Waals surface area contributed by atoms with Gasteiger partial charge in [-0.1, -0.05) is 66.2 Å². The van der Waals surface area contributed by atoms with E-state index in [9.17, 15) is 13.2 Å². The van der Waals surface area contributed by atoms with Crippen molar-refractivity contribution in [1.29, 1.82) is 0 Å². The Bertz CT molecular complexity index is 1150. The molecule has 0 aromatic heterocycles. The van der Waals surface area contributed by atoms with Crippen LogP contribution in [0.5, 0.6) is 0 Å². The Morgan fingerprint density at radius 1 is 0.938 bits per heavy atom. The summed E-state index contributed by atoms with van der Waals surface area (Å²) in [6.45, 7) is 5.47. The summed E-state index contributed by atoms with van der Waals surface area (Å²) in [5.41, 5.74) is 3.54. The summed E-state index contributed by atoms with van der Waals surface area (Å²) >= 11 is 0. The van der Waals surface area contributed by atoms with E-state index in [1.54, 1.807) is 36.4 Å². The van der Waals surface area contributed by atoms with Crippen LogP contribution in [0.4, 0.5) is 5.69 Å². The first-order valence-electron chi connectivity index (χ1n) is 10.8. The first kappa shape index (κ1) is 23.5. The van der Waals surface area contributed by atoms with Gasteiger partial charge in [0.05, 0.1) is 10.6 Å². The van der Waals surface area contributed by atoms with Gasteiger partial charge in [-0.2, -0.15) is 0 Å². The van der Waals surface area contributed by atoms with E-state index in [2.05, 4.69) is 17.4 Å². The molecule has 0 saturated carbocycles. The zero-order valence-corrected chi connectivity index (χ0v) is 19.6. The molecular formula is C26H30N2O3S. The Morgan fingerprint density at radius 2 is 1.56 bits per heavy atom. The number of nitrogens with one attached hydrogen (secondary N) is 1. The number of anilines is 1. The number of nitrogens with zero attached hydrogens (tertiary/aromatic N) is 1.